The van der Waals surface area contributed by atoms with Gasteiger partial charge in [0.25, 0.3) is 0 Å². The number of fused-ring (bicyclic) bond motifs is 1. The summed E-state index contributed by atoms with van der Waals surface area (Å²) in [6.07, 6.45) is 6.36. The molecule has 0 saturated heterocycles. The maximum absolute atomic E-state index is 10.5. The number of hydrogen-bond donors (Lipinski definition) is 1. The van der Waals surface area contributed by atoms with Gasteiger partial charge in [-0.05, 0) is 54.0 Å². The molecule has 2 unspecified atom stereocenters. The summed E-state index contributed by atoms with van der Waals surface area (Å²) in [5, 5.41) is 10.5. The van der Waals surface area contributed by atoms with Crippen molar-refractivity contribution in [3.8, 4) is 0 Å². The largest absolute Gasteiger partial charge is 0.388 e. The minimum absolute atomic E-state index is 0.322. The van der Waals surface area contributed by atoms with Gasteiger partial charge in [-0.3, -0.25) is 4.98 Å². The second-order valence-electron chi connectivity index (χ2n) is 5.00. The number of hydrogen-bond acceptors (Lipinski definition) is 2. The highest BCUT2D eigenvalue weighted by Crippen LogP contribution is 2.35. The van der Waals surface area contributed by atoms with Crippen molar-refractivity contribution < 1.29 is 5.11 Å². The van der Waals surface area contributed by atoms with Crippen LogP contribution in [-0.4, -0.2) is 10.1 Å². The summed E-state index contributed by atoms with van der Waals surface area (Å²) in [4.78, 5) is 4.03. The number of nitrogens with zero attached hydrogens (tertiary/aromatic N) is 1. The molecular formula is C16H17NO. The Morgan fingerprint density at radius 3 is 2.72 bits per heavy atom. The van der Waals surface area contributed by atoms with Crippen LogP contribution in [0.4, 0.5) is 0 Å². The van der Waals surface area contributed by atoms with Crippen molar-refractivity contribution in [2.75, 3.05) is 0 Å². The minimum atomic E-state index is -0.330. The van der Waals surface area contributed by atoms with E-state index in [0.717, 1.165) is 24.8 Å². The fourth-order valence-electron chi connectivity index (χ4n) is 2.84. The summed E-state index contributed by atoms with van der Waals surface area (Å²) < 4.78 is 0. The molecule has 0 spiro atoms. The molecule has 0 radical (unpaired) electrons. The molecule has 1 aromatic heterocycles. The number of aromatic nitrogens is 1. The van der Waals surface area contributed by atoms with Crippen molar-refractivity contribution in [3.05, 3.63) is 65.5 Å². The van der Waals surface area contributed by atoms with Crippen LogP contribution in [0.2, 0.25) is 0 Å². The smallest absolute Gasteiger partial charge is 0.0824 e. The van der Waals surface area contributed by atoms with Crippen LogP contribution < -0.4 is 0 Å². The highest BCUT2D eigenvalue weighted by atomic mass is 16.3. The Hall–Kier alpha value is -1.67. The predicted molar refractivity (Wildman–Crippen MR) is 71.2 cm³/mol. The van der Waals surface area contributed by atoms with Gasteiger partial charge >= 0.3 is 0 Å². The van der Waals surface area contributed by atoms with Crippen LogP contribution in [0.1, 0.15) is 29.2 Å². The van der Waals surface area contributed by atoms with Crippen molar-refractivity contribution in [1.29, 1.82) is 0 Å². The second kappa shape index (κ2) is 4.91. The lowest BCUT2D eigenvalue weighted by atomic mass is 9.79. The van der Waals surface area contributed by atoms with E-state index in [0.29, 0.717) is 5.92 Å². The van der Waals surface area contributed by atoms with E-state index < -0.39 is 0 Å². The highest BCUT2D eigenvalue weighted by Gasteiger charge is 2.27. The lowest BCUT2D eigenvalue weighted by Gasteiger charge is -2.30. The molecule has 92 valence electrons. The predicted octanol–water partition coefficient (Wildman–Crippen LogP) is 2.92. The van der Waals surface area contributed by atoms with Gasteiger partial charge in [0.2, 0.25) is 0 Å². The fraction of sp³-hybridized carbons (Fsp3) is 0.312. The van der Waals surface area contributed by atoms with Gasteiger partial charge in [0.1, 0.15) is 0 Å². The van der Waals surface area contributed by atoms with Gasteiger partial charge in [0.15, 0.2) is 0 Å². The Labute approximate surface area is 107 Å². The number of aryl methyl sites for hydroxylation is 1. The molecule has 0 amide bonds. The van der Waals surface area contributed by atoms with Crippen molar-refractivity contribution >= 4 is 0 Å². The normalized spacial score (nSPS) is 22.5. The van der Waals surface area contributed by atoms with E-state index in [4.69, 9.17) is 0 Å². The summed E-state index contributed by atoms with van der Waals surface area (Å²) in [5.41, 5.74) is 3.67. The summed E-state index contributed by atoms with van der Waals surface area (Å²) in [7, 11) is 0. The summed E-state index contributed by atoms with van der Waals surface area (Å²) >= 11 is 0. The number of aliphatic hydroxyl groups is 1. The molecule has 0 saturated carbocycles. The Morgan fingerprint density at radius 1 is 1.11 bits per heavy atom. The average Bonchev–Trinajstić information content (AvgIpc) is 2.43. The lowest BCUT2D eigenvalue weighted by Crippen LogP contribution is -2.22. The standard InChI is InChI=1S/C16H17NO/c18-16-14(11-12-7-9-17-10-8-12)6-5-13-3-1-2-4-15(13)16/h1-4,7-10,14,16,18H,5-6,11H2. The topological polar surface area (TPSA) is 33.1 Å². The second-order valence-corrected chi connectivity index (χ2v) is 5.00. The Kier molecular flexibility index (Phi) is 3.11. The molecule has 0 aliphatic heterocycles. The lowest BCUT2D eigenvalue weighted by molar-refractivity contribution is 0.0936. The van der Waals surface area contributed by atoms with Gasteiger partial charge in [-0.1, -0.05) is 24.3 Å². The van der Waals surface area contributed by atoms with Crippen molar-refractivity contribution in [3.63, 3.8) is 0 Å². The fourth-order valence-corrected chi connectivity index (χ4v) is 2.84. The number of aliphatic hydroxyl groups excluding tert-OH is 1. The molecule has 0 fully saturated rings. The molecular weight excluding hydrogens is 222 g/mol. The van der Waals surface area contributed by atoms with Crippen molar-refractivity contribution in [2.24, 2.45) is 5.92 Å². The maximum Gasteiger partial charge on any atom is 0.0824 e. The van der Waals surface area contributed by atoms with Crippen LogP contribution in [0.5, 0.6) is 0 Å². The van der Waals surface area contributed by atoms with Gasteiger partial charge in [-0.2, -0.15) is 0 Å². The molecule has 2 heteroatoms. The number of pyridine rings is 1. The first-order valence-corrected chi connectivity index (χ1v) is 6.49. The quantitative estimate of drug-likeness (QED) is 0.874. The molecule has 0 bridgehead atoms. The minimum Gasteiger partial charge on any atom is -0.388 e. The van der Waals surface area contributed by atoms with Gasteiger partial charge in [0.05, 0.1) is 6.10 Å². The van der Waals surface area contributed by atoms with E-state index in [-0.39, 0.29) is 6.10 Å². The van der Waals surface area contributed by atoms with E-state index in [1.54, 1.807) is 0 Å². The van der Waals surface area contributed by atoms with Crippen LogP contribution >= 0.6 is 0 Å². The molecule has 1 aliphatic rings. The van der Waals surface area contributed by atoms with E-state index in [1.807, 2.05) is 30.6 Å². The third-order valence-corrected chi connectivity index (χ3v) is 3.85. The van der Waals surface area contributed by atoms with Crippen molar-refractivity contribution in [2.45, 2.75) is 25.4 Å². The monoisotopic (exact) mass is 239 g/mol. The van der Waals surface area contributed by atoms with Gasteiger partial charge in [-0.25, -0.2) is 0 Å². The van der Waals surface area contributed by atoms with Crippen LogP contribution in [-0.2, 0) is 12.8 Å². The van der Waals surface area contributed by atoms with Crippen molar-refractivity contribution in [1.82, 2.24) is 4.98 Å². The van der Waals surface area contributed by atoms with E-state index in [9.17, 15) is 5.11 Å². The summed E-state index contributed by atoms with van der Waals surface area (Å²) in [6, 6.07) is 12.3. The van der Waals surface area contributed by atoms with Crippen LogP contribution in [0.15, 0.2) is 48.8 Å². The molecule has 1 aromatic carbocycles. The van der Waals surface area contributed by atoms with E-state index >= 15 is 0 Å². The zero-order valence-electron chi connectivity index (χ0n) is 10.3. The molecule has 2 aromatic rings. The average molecular weight is 239 g/mol. The van der Waals surface area contributed by atoms with Crippen LogP contribution in [0.3, 0.4) is 0 Å². The summed E-state index contributed by atoms with van der Waals surface area (Å²) in [6.45, 7) is 0. The Bertz CT molecular complexity index is 524. The number of benzene rings is 1. The molecule has 3 rings (SSSR count). The summed E-state index contributed by atoms with van der Waals surface area (Å²) in [5.74, 6) is 0.322. The molecule has 1 aliphatic carbocycles. The zero-order chi connectivity index (χ0) is 12.4. The van der Waals surface area contributed by atoms with E-state index in [2.05, 4.69) is 23.2 Å². The first-order chi connectivity index (χ1) is 8.84. The number of rotatable bonds is 2. The Balaban J connectivity index is 1.81. The SMILES string of the molecule is OC1c2ccccc2CCC1Cc1ccncc1. The molecule has 1 N–H and O–H groups in total. The molecule has 18 heavy (non-hydrogen) atoms. The van der Waals surface area contributed by atoms with Gasteiger partial charge < -0.3 is 5.11 Å². The first-order valence-electron chi connectivity index (χ1n) is 6.49. The highest BCUT2D eigenvalue weighted by molar-refractivity contribution is 5.32. The molecule has 2 atom stereocenters. The molecule has 1 heterocycles. The third-order valence-electron chi connectivity index (χ3n) is 3.85. The third kappa shape index (κ3) is 2.16. The van der Waals surface area contributed by atoms with Gasteiger partial charge in [0, 0.05) is 12.4 Å². The Morgan fingerprint density at radius 2 is 1.89 bits per heavy atom. The zero-order valence-corrected chi connectivity index (χ0v) is 10.3. The van der Waals surface area contributed by atoms with Gasteiger partial charge in [-0.15, -0.1) is 0 Å². The first kappa shape index (κ1) is 11.4. The van der Waals surface area contributed by atoms with E-state index in [1.165, 1.54) is 11.1 Å². The maximum atomic E-state index is 10.5. The van der Waals surface area contributed by atoms with Crippen LogP contribution in [0, 0.1) is 5.92 Å². The molecule has 2 nitrogen and oxygen atoms in total. The van der Waals surface area contributed by atoms with Crippen LogP contribution in [0.25, 0.3) is 0 Å².